The summed E-state index contributed by atoms with van der Waals surface area (Å²) < 4.78 is 0. The van der Waals surface area contributed by atoms with Crippen molar-refractivity contribution in [3.8, 4) is 89.5 Å². The predicted octanol–water partition coefficient (Wildman–Crippen LogP) is 16.8. The molecule has 1 aromatic heterocycles. The Bertz CT molecular complexity index is 3600. The van der Waals surface area contributed by atoms with E-state index in [1.54, 1.807) is 0 Å². The van der Waals surface area contributed by atoms with Gasteiger partial charge in [0.2, 0.25) is 0 Å². The Morgan fingerprint density at radius 3 is 1.52 bits per heavy atom. The van der Waals surface area contributed by atoms with Gasteiger partial charge in [-0.05, 0) is 113 Å². The molecule has 0 atom stereocenters. The molecule has 2 nitrogen and oxygen atoms in total. The molecule has 0 unspecified atom stereocenters. The molecule has 10 aromatic carbocycles. The smallest absolute Gasteiger partial charge is 0.160 e. The Hall–Kier alpha value is -8.20. The van der Waals surface area contributed by atoms with Crippen LogP contribution in [0.5, 0.6) is 0 Å². The minimum Gasteiger partial charge on any atom is -0.228 e. The first-order valence-corrected chi connectivity index (χ1v) is 22.5. The molecule has 1 aliphatic rings. The SMILES string of the molecule is CC1(C)c2ccccc2-c2c(-c3cc(-c4cccc5ccccc45)cc(-c4ccc(-c5cc(-c6ccc(-c7ccccc7)cc6)nc(-c6ccccc6)n5)c5ccccc45)c3)cccc21. The Kier molecular flexibility index (Phi) is 9.21. The minimum atomic E-state index is -0.100. The van der Waals surface area contributed by atoms with Gasteiger partial charge in [0.25, 0.3) is 0 Å². The third kappa shape index (κ3) is 6.65. The average Bonchev–Trinajstić information content (AvgIpc) is 3.61. The molecule has 0 N–H and O–H groups in total. The molecular formula is C63H44N2. The lowest BCUT2D eigenvalue weighted by Crippen LogP contribution is -2.14. The number of aromatic nitrogens is 2. The summed E-state index contributed by atoms with van der Waals surface area (Å²) in [5, 5.41) is 4.78. The normalized spacial score (nSPS) is 12.6. The van der Waals surface area contributed by atoms with Crippen LogP contribution in [0.15, 0.2) is 231 Å². The number of fused-ring (bicyclic) bond motifs is 5. The molecule has 0 aliphatic heterocycles. The van der Waals surface area contributed by atoms with Crippen molar-refractivity contribution in [1.82, 2.24) is 9.97 Å². The van der Waals surface area contributed by atoms with Crippen molar-refractivity contribution >= 4 is 21.5 Å². The van der Waals surface area contributed by atoms with Gasteiger partial charge >= 0.3 is 0 Å². The molecule has 0 amide bonds. The number of hydrogen-bond acceptors (Lipinski definition) is 2. The van der Waals surface area contributed by atoms with E-state index in [9.17, 15) is 0 Å². The van der Waals surface area contributed by atoms with Crippen molar-refractivity contribution in [1.29, 1.82) is 0 Å². The van der Waals surface area contributed by atoms with Crippen LogP contribution in [0.2, 0.25) is 0 Å². The van der Waals surface area contributed by atoms with Crippen molar-refractivity contribution in [3.63, 3.8) is 0 Å². The second-order valence-corrected chi connectivity index (χ2v) is 17.7. The second-order valence-electron chi connectivity index (χ2n) is 17.7. The average molecular weight is 829 g/mol. The summed E-state index contributed by atoms with van der Waals surface area (Å²) >= 11 is 0. The summed E-state index contributed by atoms with van der Waals surface area (Å²) in [5.74, 6) is 0.700. The lowest BCUT2D eigenvalue weighted by atomic mass is 9.81. The number of hydrogen-bond donors (Lipinski definition) is 0. The third-order valence-corrected chi connectivity index (χ3v) is 13.5. The zero-order chi connectivity index (χ0) is 43.5. The first-order valence-electron chi connectivity index (χ1n) is 22.5. The van der Waals surface area contributed by atoms with Crippen molar-refractivity contribution in [2.75, 3.05) is 0 Å². The molecule has 65 heavy (non-hydrogen) atoms. The second kappa shape index (κ2) is 15.6. The largest absolute Gasteiger partial charge is 0.228 e. The summed E-state index contributed by atoms with van der Waals surface area (Å²) in [6, 6.07) is 83.5. The van der Waals surface area contributed by atoms with Crippen LogP contribution in [0.4, 0.5) is 0 Å². The van der Waals surface area contributed by atoms with E-state index in [4.69, 9.17) is 9.97 Å². The first-order chi connectivity index (χ1) is 32.0. The zero-order valence-electron chi connectivity index (χ0n) is 36.3. The standard InChI is InChI=1S/C63H44N2/c1-63(2)57-29-14-13-26-56(57)61-52(28-16-30-58(61)63)48-38-46(50-27-15-22-43-19-9-10-23-49(43)50)37-47(39-48)51-35-36-55(54-25-12-11-24-53(51)54)60-40-59(64-62(65-60)45-20-7-4-8-21-45)44-33-31-42(32-34-44)41-17-5-3-6-18-41/h3-40H,1-2H3. The molecular weight excluding hydrogens is 785 g/mol. The molecule has 0 spiro atoms. The van der Waals surface area contributed by atoms with Gasteiger partial charge in [-0.15, -0.1) is 0 Å². The van der Waals surface area contributed by atoms with Gasteiger partial charge in [0.05, 0.1) is 11.4 Å². The topological polar surface area (TPSA) is 25.8 Å². The van der Waals surface area contributed by atoms with Crippen molar-refractivity contribution < 1.29 is 0 Å². The van der Waals surface area contributed by atoms with Crippen molar-refractivity contribution in [2.24, 2.45) is 0 Å². The van der Waals surface area contributed by atoms with Gasteiger partial charge in [0, 0.05) is 22.1 Å². The van der Waals surface area contributed by atoms with Crippen LogP contribution in [0.3, 0.4) is 0 Å². The van der Waals surface area contributed by atoms with Gasteiger partial charge in [0.1, 0.15) is 0 Å². The fourth-order valence-corrected chi connectivity index (χ4v) is 10.3. The highest BCUT2D eigenvalue weighted by atomic mass is 14.9. The predicted molar refractivity (Wildman–Crippen MR) is 273 cm³/mol. The summed E-state index contributed by atoms with van der Waals surface area (Å²) in [4.78, 5) is 10.5. The van der Waals surface area contributed by atoms with E-state index in [2.05, 4.69) is 226 Å². The highest BCUT2D eigenvalue weighted by Crippen LogP contribution is 2.53. The molecule has 0 saturated carbocycles. The monoisotopic (exact) mass is 828 g/mol. The summed E-state index contributed by atoms with van der Waals surface area (Å²) in [7, 11) is 0. The minimum absolute atomic E-state index is 0.100. The lowest BCUT2D eigenvalue weighted by Gasteiger charge is -2.22. The maximum Gasteiger partial charge on any atom is 0.160 e. The molecule has 11 aromatic rings. The van der Waals surface area contributed by atoms with E-state index in [1.165, 1.54) is 82.9 Å². The first kappa shape index (κ1) is 38.5. The van der Waals surface area contributed by atoms with Crippen LogP contribution in [-0.2, 0) is 5.41 Å². The Morgan fingerprint density at radius 2 is 0.769 bits per heavy atom. The zero-order valence-corrected chi connectivity index (χ0v) is 36.3. The highest BCUT2D eigenvalue weighted by Gasteiger charge is 2.36. The Labute approximate surface area is 380 Å². The fraction of sp³-hybridized carbons (Fsp3) is 0.0476. The van der Waals surface area contributed by atoms with Crippen LogP contribution in [0, 0.1) is 0 Å². The van der Waals surface area contributed by atoms with E-state index in [-0.39, 0.29) is 5.41 Å². The van der Waals surface area contributed by atoms with E-state index in [0.717, 1.165) is 33.5 Å². The number of rotatable bonds is 7. The molecule has 306 valence electrons. The molecule has 0 saturated heterocycles. The van der Waals surface area contributed by atoms with Crippen LogP contribution in [-0.4, -0.2) is 9.97 Å². The van der Waals surface area contributed by atoms with E-state index < -0.39 is 0 Å². The van der Waals surface area contributed by atoms with Gasteiger partial charge < -0.3 is 0 Å². The Balaban J connectivity index is 1.05. The van der Waals surface area contributed by atoms with Gasteiger partial charge in [0.15, 0.2) is 5.82 Å². The van der Waals surface area contributed by atoms with E-state index >= 15 is 0 Å². The van der Waals surface area contributed by atoms with Gasteiger partial charge in [-0.2, -0.15) is 0 Å². The molecule has 2 heteroatoms. The molecule has 1 aliphatic carbocycles. The van der Waals surface area contributed by atoms with Crippen LogP contribution < -0.4 is 0 Å². The summed E-state index contributed by atoms with van der Waals surface area (Å²) in [6.45, 7) is 4.72. The molecule has 0 bridgehead atoms. The summed E-state index contributed by atoms with van der Waals surface area (Å²) in [6.07, 6.45) is 0. The lowest BCUT2D eigenvalue weighted by molar-refractivity contribution is 0.660. The van der Waals surface area contributed by atoms with Crippen LogP contribution in [0.25, 0.3) is 111 Å². The maximum atomic E-state index is 5.31. The van der Waals surface area contributed by atoms with Gasteiger partial charge in [-0.1, -0.05) is 220 Å². The fourth-order valence-electron chi connectivity index (χ4n) is 10.3. The maximum absolute atomic E-state index is 5.31. The molecule has 0 fully saturated rings. The van der Waals surface area contributed by atoms with Gasteiger partial charge in [-0.3, -0.25) is 0 Å². The third-order valence-electron chi connectivity index (χ3n) is 13.5. The van der Waals surface area contributed by atoms with Crippen LogP contribution >= 0.6 is 0 Å². The van der Waals surface area contributed by atoms with Crippen LogP contribution in [0.1, 0.15) is 25.0 Å². The quantitative estimate of drug-likeness (QED) is 0.160. The molecule has 12 rings (SSSR count). The number of benzene rings is 10. The molecule has 0 radical (unpaired) electrons. The van der Waals surface area contributed by atoms with Crippen molar-refractivity contribution in [2.45, 2.75) is 19.3 Å². The van der Waals surface area contributed by atoms with E-state index in [1.807, 2.05) is 18.2 Å². The van der Waals surface area contributed by atoms with Crippen molar-refractivity contribution in [3.05, 3.63) is 242 Å². The summed E-state index contributed by atoms with van der Waals surface area (Å²) in [5.41, 5.74) is 19.7. The Morgan fingerprint density at radius 1 is 0.292 bits per heavy atom. The van der Waals surface area contributed by atoms with E-state index in [0.29, 0.717) is 5.82 Å². The van der Waals surface area contributed by atoms with Gasteiger partial charge in [-0.25, -0.2) is 9.97 Å². The highest BCUT2D eigenvalue weighted by molar-refractivity contribution is 6.07. The molecule has 1 heterocycles. The number of nitrogens with zero attached hydrogens (tertiary/aromatic N) is 2.